The highest BCUT2D eigenvalue weighted by Crippen LogP contribution is 2.30. The molecule has 0 saturated carbocycles. The molecule has 0 aromatic heterocycles. The molecule has 0 fully saturated rings. The van der Waals surface area contributed by atoms with E-state index in [4.69, 9.17) is 4.89 Å². The molecule has 8 heteroatoms. The van der Waals surface area contributed by atoms with E-state index in [2.05, 4.69) is 9.26 Å². The summed E-state index contributed by atoms with van der Waals surface area (Å²) in [6.45, 7) is 0.326. The average Bonchev–Trinajstić information content (AvgIpc) is 1.95. The minimum Gasteiger partial charge on any atom is -0.756 e. The van der Waals surface area contributed by atoms with Gasteiger partial charge >= 0.3 is 5.97 Å². The lowest BCUT2D eigenvalue weighted by Gasteiger charge is -2.17. The summed E-state index contributed by atoms with van der Waals surface area (Å²) >= 11 is 0. The van der Waals surface area contributed by atoms with Gasteiger partial charge in [-0.05, 0) is 0 Å². The summed E-state index contributed by atoms with van der Waals surface area (Å²) < 4.78 is 18.2. The van der Waals surface area contributed by atoms with Crippen LogP contribution in [0.25, 0.3) is 0 Å². The second-order valence-electron chi connectivity index (χ2n) is 2.05. The van der Waals surface area contributed by atoms with Crippen LogP contribution in [-0.2, 0) is 23.4 Å². The summed E-state index contributed by atoms with van der Waals surface area (Å²) in [6, 6.07) is 0. The van der Waals surface area contributed by atoms with Crippen molar-refractivity contribution in [2.45, 2.75) is 13.0 Å². The van der Waals surface area contributed by atoms with Gasteiger partial charge in [-0.25, -0.2) is 0 Å². The average molecular weight is 211 g/mol. The molecule has 1 N–H and O–H groups in total. The molecule has 0 saturated heterocycles. The van der Waals surface area contributed by atoms with Crippen molar-refractivity contribution in [1.82, 2.24) is 0 Å². The van der Waals surface area contributed by atoms with Gasteiger partial charge in [0.1, 0.15) is 0 Å². The van der Waals surface area contributed by atoms with Gasteiger partial charge in [-0.2, -0.15) is 0 Å². The fraction of sp³-hybridized carbons (Fsp3) is 0.600. The summed E-state index contributed by atoms with van der Waals surface area (Å²) in [5, 5.41) is 0. The van der Waals surface area contributed by atoms with Crippen molar-refractivity contribution >= 4 is 20.1 Å². The Labute approximate surface area is 73.9 Å². The third kappa shape index (κ3) is 7.61. The molecule has 0 rings (SSSR count). The molecule has 0 amide bonds. The third-order valence-corrected chi connectivity index (χ3v) is 1.35. The predicted molar refractivity (Wildman–Crippen MR) is 37.4 cm³/mol. The maximum absolute atomic E-state index is 10.3. The van der Waals surface area contributed by atoms with Crippen LogP contribution >= 0.6 is 7.82 Å². The molecule has 0 aliphatic carbocycles. The molecule has 0 radical (unpaired) electrons. The smallest absolute Gasteiger partial charge is 0.303 e. The molecule has 13 heavy (non-hydrogen) atoms. The maximum atomic E-state index is 10.3. The van der Waals surface area contributed by atoms with Crippen molar-refractivity contribution in [3.05, 3.63) is 0 Å². The molecular formula is C5H8O7P-. The van der Waals surface area contributed by atoms with Gasteiger partial charge in [0.15, 0.2) is 12.4 Å². The van der Waals surface area contributed by atoms with Crippen LogP contribution in [0.3, 0.4) is 0 Å². The van der Waals surface area contributed by atoms with Gasteiger partial charge in [0.2, 0.25) is 0 Å². The molecule has 0 bridgehead atoms. The first-order valence-corrected chi connectivity index (χ1v) is 4.65. The third-order valence-electron chi connectivity index (χ3n) is 0.871. The Hall–Kier alpha value is -0.750. The highest BCUT2D eigenvalue weighted by atomic mass is 31.2. The molecule has 76 valence electrons. The standard InChI is InChI=1S/C5H9O7P/c1-4(7)12-5(2-6)3-11-13(8,9)10/h2,5H,3H2,1H3,(H2,8,9,10)/p-1. The quantitative estimate of drug-likeness (QED) is 0.337. The van der Waals surface area contributed by atoms with Crippen LogP contribution in [0.2, 0.25) is 0 Å². The van der Waals surface area contributed by atoms with Crippen molar-refractivity contribution in [2.75, 3.05) is 6.61 Å². The minimum absolute atomic E-state index is 0.192. The molecule has 2 atom stereocenters. The highest BCUT2D eigenvalue weighted by Gasteiger charge is 2.13. The number of hydrogen-bond donors (Lipinski definition) is 1. The zero-order valence-electron chi connectivity index (χ0n) is 6.71. The number of phosphoric ester groups is 1. The van der Waals surface area contributed by atoms with Gasteiger partial charge in [-0.3, -0.25) is 14.2 Å². The molecule has 0 aromatic carbocycles. The Balaban J connectivity index is 3.93. The van der Waals surface area contributed by atoms with E-state index < -0.39 is 26.5 Å². The number of carbonyl (C=O) groups excluding carboxylic acids is 2. The Morgan fingerprint density at radius 2 is 2.31 bits per heavy atom. The van der Waals surface area contributed by atoms with E-state index >= 15 is 0 Å². The zero-order chi connectivity index (χ0) is 10.5. The van der Waals surface area contributed by atoms with Gasteiger partial charge in [-0.15, -0.1) is 0 Å². The van der Waals surface area contributed by atoms with E-state index in [0.29, 0.717) is 0 Å². The number of aldehydes is 1. The normalized spacial score (nSPS) is 17.2. The number of carbonyl (C=O) groups is 2. The second-order valence-corrected chi connectivity index (χ2v) is 3.24. The van der Waals surface area contributed by atoms with Gasteiger partial charge in [-0.1, -0.05) is 0 Å². The van der Waals surface area contributed by atoms with E-state index in [0.717, 1.165) is 6.92 Å². The summed E-state index contributed by atoms with van der Waals surface area (Å²) in [4.78, 5) is 38.6. The first-order chi connectivity index (χ1) is 5.85. The van der Waals surface area contributed by atoms with Crippen LogP contribution in [0, 0.1) is 0 Å². The summed E-state index contributed by atoms with van der Waals surface area (Å²) in [7, 11) is -4.88. The van der Waals surface area contributed by atoms with E-state index in [1.165, 1.54) is 0 Å². The van der Waals surface area contributed by atoms with Gasteiger partial charge in [0.25, 0.3) is 7.82 Å². The lowest BCUT2D eigenvalue weighted by Crippen LogP contribution is -2.24. The number of ether oxygens (including phenoxy) is 1. The number of hydrogen-bond acceptors (Lipinski definition) is 6. The molecule has 2 unspecified atom stereocenters. The van der Waals surface area contributed by atoms with Gasteiger partial charge in [0.05, 0.1) is 6.61 Å². The Kier molecular flexibility index (Phi) is 4.79. The monoisotopic (exact) mass is 211 g/mol. The van der Waals surface area contributed by atoms with Crippen LogP contribution in [0.4, 0.5) is 0 Å². The van der Waals surface area contributed by atoms with Crippen molar-refractivity contribution < 1.29 is 33.2 Å². The Morgan fingerprint density at radius 1 is 1.77 bits per heavy atom. The topological polar surface area (TPSA) is 113 Å². The Bertz CT molecular complexity index is 231. The van der Waals surface area contributed by atoms with Gasteiger partial charge < -0.3 is 19.0 Å². The summed E-state index contributed by atoms with van der Waals surface area (Å²) in [5.74, 6) is -0.751. The molecule has 0 aromatic rings. The number of phosphoric acid groups is 1. The van der Waals surface area contributed by atoms with E-state index in [1.807, 2.05) is 0 Å². The first kappa shape index (κ1) is 12.2. The molecular weight excluding hydrogens is 203 g/mol. The number of rotatable bonds is 5. The van der Waals surface area contributed by atoms with E-state index in [1.54, 1.807) is 0 Å². The largest absolute Gasteiger partial charge is 0.756 e. The lowest BCUT2D eigenvalue weighted by atomic mass is 10.4. The maximum Gasteiger partial charge on any atom is 0.303 e. The predicted octanol–water partition coefficient (Wildman–Crippen LogP) is -1.41. The lowest BCUT2D eigenvalue weighted by molar-refractivity contribution is -0.221. The molecule has 0 aliphatic heterocycles. The van der Waals surface area contributed by atoms with Crippen LogP contribution in [0.15, 0.2) is 0 Å². The highest BCUT2D eigenvalue weighted by molar-refractivity contribution is 7.44. The summed E-state index contributed by atoms with van der Waals surface area (Å²) in [6.07, 6.45) is -1.14. The van der Waals surface area contributed by atoms with Crippen LogP contribution in [0.1, 0.15) is 6.92 Å². The van der Waals surface area contributed by atoms with Crippen molar-refractivity contribution in [3.63, 3.8) is 0 Å². The van der Waals surface area contributed by atoms with Crippen molar-refractivity contribution in [3.8, 4) is 0 Å². The molecule has 0 aliphatic rings. The minimum atomic E-state index is -4.88. The van der Waals surface area contributed by atoms with E-state index in [9.17, 15) is 19.0 Å². The molecule has 0 heterocycles. The SMILES string of the molecule is CC(=O)OC(C=O)COP(=O)([O-])O. The zero-order valence-corrected chi connectivity index (χ0v) is 7.60. The first-order valence-electron chi connectivity index (χ1n) is 3.16. The van der Waals surface area contributed by atoms with Crippen molar-refractivity contribution in [2.24, 2.45) is 0 Å². The molecule has 0 spiro atoms. The molecule has 7 nitrogen and oxygen atoms in total. The second kappa shape index (κ2) is 5.08. The van der Waals surface area contributed by atoms with Crippen LogP contribution in [0.5, 0.6) is 0 Å². The van der Waals surface area contributed by atoms with E-state index in [-0.39, 0.29) is 6.29 Å². The fourth-order valence-electron chi connectivity index (χ4n) is 0.482. The van der Waals surface area contributed by atoms with Gasteiger partial charge in [0, 0.05) is 6.92 Å². The number of esters is 1. The Morgan fingerprint density at radius 3 is 2.62 bits per heavy atom. The van der Waals surface area contributed by atoms with Crippen molar-refractivity contribution in [1.29, 1.82) is 0 Å². The summed E-state index contributed by atoms with van der Waals surface area (Å²) in [5.41, 5.74) is 0. The van der Waals surface area contributed by atoms with Crippen LogP contribution in [-0.4, -0.2) is 29.9 Å². The van der Waals surface area contributed by atoms with Crippen LogP contribution < -0.4 is 4.89 Å². The fourth-order valence-corrected chi connectivity index (χ4v) is 0.817.